The molecule has 108 valence electrons. The van der Waals surface area contributed by atoms with E-state index >= 15 is 0 Å². The summed E-state index contributed by atoms with van der Waals surface area (Å²) in [5.41, 5.74) is 9.98. The van der Waals surface area contributed by atoms with E-state index in [2.05, 4.69) is 29.1 Å². The van der Waals surface area contributed by atoms with Crippen LogP contribution < -0.4 is 10.6 Å². The fourth-order valence-electron chi connectivity index (χ4n) is 2.55. The van der Waals surface area contributed by atoms with Crippen molar-refractivity contribution in [2.75, 3.05) is 11.9 Å². The van der Waals surface area contributed by atoms with E-state index in [0.29, 0.717) is 6.54 Å². The number of para-hydroxylation sites is 1. The molecule has 0 spiro atoms. The molecule has 2 heterocycles. The van der Waals surface area contributed by atoms with Gasteiger partial charge in [-0.15, -0.1) is 0 Å². The number of aromatic nitrogens is 1. The molecule has 0 aliphatic rings. The number of benzene rings is 1. The standard InChI is InChI=1S/C17H19N3O/c1-12-13(7-8-21-12)11-20(2)17-9-14(10-18)19-16-6-4-3-5-15(16)17/h3-9H,10-11,18H2,1-2H3. The number of anilines is 1. The Bertz CT molecular complexity index is 764. The Labute approximate surface area is 124 Å². The third kappa shape index (κ3) is 2.62. The van der Waals surface area contributed by atoms with E-state index in [9.17, 15) is 0 Å². The van der Waals surface area contributed by atoms with Gasteiger partial charge in [-0.25, -0.2) is 0 Å². The van der Waals surface area contributed by atoms with Crippen molar-refractivity contribution in [2.45, 2.75) is 20.0 Å². The first-order valence-corrected chi connectivity index (χ1v) is 7.02. The maximum atomic E-state index is 5.77. The van der Waals surface area contributed by atoms with Crippen LogP contribution in [-0.2, 0) is 13.1 Å². The van der Waals surface area contributed by atoms with Crippen molar-refractivity contribution >= 4 is 16.6 Å². The van der Waals surface area contributed by atoms with Crippen LogP contribution in [0.25, 0.3) is 10.9 Å². The highest BCUT2D eigenvalue weighted by Gasteiger charge is 2.11. The molecule has 0 fully saturated rings. The summed E-state index contributed by atoms with van der Waals surface area (Å²) in [6.45, 7) is 3.22. The first-order valence-electron chi connectivity index (χ1n) is 7.02. The molecule has 0 aliphatic carbocycles. The number of hydrogen-bond donors (Lipinski definition) is 1. The van der Waals surface area contributed by atoms with Gasteiger partial charge < -0.3 is 15.1 Å². The van der Waals surface area contributed by atoms with Gasteiger partial charge in [-0.1, -0.05) is 18.2 Å². The van der Waals surface area contributed by atoms with Gasteiger partial charge in [0.05, 0.1) is 17.5 Å². The predicted molar refractivity (Wildman–Crippen MR) is 85.2 cm³/mol. The predicted octanol–water partition coefficient (Wildman–Crippen LogP) is 3.23. The summed E-state index contributed by atoms with van der Waals surface area (Å²) in [5, 5.41) is 1.14. The molecule has 0 bridgehead atoms. The number of pyridine rings is 1. The summed E-state index contributed by atoms with van der Waals surface area (Å²) in [4.78, 5) is 6.79. The Morgan fingerprint density at radius 3 is 2.76 bits per heavy atom. The Hall–Kier alpha value is -2.33. The number of rotatable bonds is 4. The molecule has 0 aliphatic heterocycles. The molecule has 0 radical (unpaired) electrons. The summed E-state index contributed by atoms with van der Waals surface area (Å²) in [6, 6.07) is 12.2. The highest BCUT2D eigenvalue weighted by Crippen LogP contribution is 2.27. The third-order valence-electron chi connectivity index (χ3n) is 3.74. The maximum absolute atomic E-state index is 5.77. The van der Waals surface area contributed by atoms with Gasteiger partial charge >= 0.3 is 0 Å². The van der Waals surface area contributed by atoms with Crippen molar-refractivity contribution in [1.29, 1.82) is 0 Å². The third-order valence-corrected chi connectivity index (χ3v) is 3.74. The van der Waals surface area contributed by atoms with Gasteiger partial charge in [0.15, 0.2) is 0 Å². The SMILES string of the molecule is Cc1occc1CN(C)c1cc(CN)nc2ccccc12. The van der Waals surface area contributed by atoms with E-state index < -0.39 is 0 Å². The Kier molecular flexibility index (Phi) is 3.62. The van der Waals surface area contributed by atoms with E-state index in [0.717, 1.165) is 34.6 Å². The number of nitrogens with two attached hydrogens (primary N) is 1. The molecule has 0 saturated carbocycles. The van der Waals surface area contributed by atoms with Crippen molar-refractivity contribution in [3.8, 4) is 0 Å². The summed E-state index contributed by atoms with van der Waals surface area (Å²) < 4.78 is 5.37. The van der Waals surface area contributed by atoms with Crippen LogP contribution in [-0.4, -0.2) is 12.0 Å². The summed E-state index contributed by atoms with van der Waals surface area (Å²) >= 11 is 0. The zero-order valence-corrected chi connectivity index (χ0v) is 12.3. The van der Waals surface area contributed by atoms with Gasteiger partial charge in [0.25, 0.3) is 0 Å². The molecule has 0 amide bonds. The Morgan fingerprint density at radius 2 is 2.05 bits per heavy atom. The van der Waals surface area contributed by atoms with E-state index in [1.54, 1.807) is 6.26 Å². The fourth-order valence-corrected chi connectivity index (χ4v) is 2.55. The van der Waals surface area contributed by atoms with Crippen molar-refractivity contribution in [2.24, 2.45) is 5.73 Å². The van der Waals surface area contributed by atoms with Gasteiger partial charge in [-0.3, -0.25) is 4.98 Å². The molecular weight excluding hydrogens is 262 g/mol. The first kappa shape index (κ1) is 13.6. The topological polar surface area (TPSA) is 55.3 Å². The number of furan rings is 1. The number of hydrogen-bond acceptors (Lipinski definition) is 4. The average Bonchev–Trinajstić information content (AvgIpc) is 2.91. The minimum absolute atomic E-state index is 0.441. The Balaban J connectivity index is 2.04. The van der Waals surface area contributed by atoms with Gasteiger partial charge in [0.2, 0.25) is 0 Å². The zero-order valence-electron chi connectivity index (χ0n) is 12.3. The summed E-state index contributed by atoms with van der Waals surface area (Å²) in [7, 11) is 2.08. The lowest BCUT2D eigenvalue weighted by atomic mass is 10.1. The highest BCUT2D eigenvalue weighted by atomic mass is 16.3. The van der Waals surface area contributed by atoms with Gasteiger partial charge in [-0.2, -0.15) is 0 Å². The lowest BCUT2D eigenvalue weighted by Crippen LogP contribution is -2.17. The molecule has 21 heavy (non-hydrogen) atoms. The van der Waals surface area contributed by atoms with E-state index in [4.69, 9.17) is 10.2 Å². The molecule has 0 atom stereocenters. The van der Waals surface area contributed by atoms with Gasteiger partial charge in [0.1, 0.15) is 5.76 Å². The number of aryl methyl sites for hydroxylation is 1. The first-order chi connectivity index (χ1) is 10.2. The van der Waals surface area contributed by atoms with Crippen LogP contribution in [0.4, 0.5) is 5.69 Å². The lowest BCUT2D eigenvalue weighted by Gasteiger charge is -2.21. The lowest BCUT2D eigenvalue weighted by molar-refractivity contribution is 0.529. The monoisotopic (exact) mass is 281 g/mol. The number of nitrogens with zero attached hydrogens (tertiary/aromatic N) is 2. The van der Waals surface area contributed by atoms with Crippen molar-refractivity contribution in [3.63, 3.8) is 0 Å². The molecule has 3 aromatic rings. The smallest absolute Gasteiger partial charge is 0.105 e. The number of fused-ring (bicyclic) bond motifs is 1. The van der Waals surface area contributed by atoms with Crippen molar-refractivity contribution in [1.82, 2.24) is 4.98 Å². The van der Waals surface area contributed by atoms with Crippen LogP contribution in [0.3, 0.4) is 0 Å². The molecule has 3 rings (SSSR count). The highest BCUT2D eigenvalue weighted by molar-refractivity contribution is 5.91. The van der Waals surface area contributed by atoms with Crippen molar-refractivity contribution in [3.05, 3.63) is 59.7 Å². The van der Waals surface area contributed by atoms with Crippen LogP contribution in [0.5, 0.6) is 0 Å². The molecule has 4 nitrogen and oxygen atoms in total. The summed E-state index contributed by atoms with van der Waals surface area (Å²) in [5.74, 6) is 0.958. The van der Waals surface area contributed by atoms with Crippen LogP contribution in [0.1, 0.15) is 17.0 Å². The molecule has 2 aromatic heterocycles. The molecule has 2 N–H and O–H groups in total. The average molecular weight is 281 g/mol. The normalized spacial score (nSPS) is 11.0. The minimum Gasteiger partial charge on any atom is -0.469 e. The van der Waals surface area contributed by atoms with Gasteiger partial charge in [0, 0.05) is 36.8 Å². The molecule has 0 unspecified atom stereocenters. The van der Waals surface area contributed by atoms with Crippen molar-refractivity contribution < 1.29 is 4.42 Å². The molecular formula is C17H19N3O. The minimum atomic E-state index is 0.441. The Morgan fingerprint density at radius 1 is 1.24 bits per heavy atom. The van der Waals surface area contributed by atoms with Crippen LogP contribution in [0, 0.1) is 6.92 Å². The van der Waals surface area contributed by atoms with E-state index in [1.807, 2.05) is 31.2 Å². The molecule has 0 saturated heterocycles. The fraction of sp³-hybridized carbons (Fsp3) is 0.235. The quantitative estimate of drug-likeness (QED) is 0.797. The van der Waals surface area contributed by atoms with Crippen LogP contribution >= 0.6 is 0 Å². The maximum Gasteiger partial charge on any atom is 0.105 e. The van der Waals surface area contributed by atoms with Crippen LogP contribution in [0.15, 0.2) is 47.1 Å². The van der Waals surface area contributed by atoms with Crippen LogP contribution in [0.2, 0.25) is 0 Å². The molecule has 4 heteroatoms. The van der Waals surface area contributed by atoms with Gasteiger partial charge in [-0.05, 0) is 25.1 Å². The molecule has 1 aromatic carbocycles. The second-order valence-corrected chi connectivity index (χ2v) is 5.21. The van der Waals surface area contributed by atoms with E-state index in [1.165, 1.54) is 5.56 Å². The largest absolute Gasteiger partial charge is 0.469 e. The van der Waals surface area contributed by atoms with E-state index in [-0.39, 0.29) is 0 Å². The summed E-state index contributed by atoms with van der Waals surface area (Å²) in [6.07, 6.45) is 1.73. The second-order valence-electron chi connectivity index (χ2n) is 5.21. The zero-order chi connectivity index (χ0) is 14.8. The second kappa shape index (κ2) is 5.58.